The van der Waals surface area contributed by atoms with Gasteiger partial charge in [-0.3, -0.25) is 5.10 Å². The van der Waals surface area contributed by atoms with E-state index in [0.717, 1.165) is 44.1 Å². The summed E-state index contributed by atoms with van der Waals surface area (Å²) in [6.45, 7) is 2.06. The molecule has 102 valence electrons. The van der Waals surface area contributed by atoms with E-state index in [1.807, 2.05) is 7.05 Å². The fraction of sp³-hybridized carbons (Fsp3) is 0.538. The van der Waals surface area contributed by atoms with Crippen molar-refractivity contribution in [2.45, 2.75) is 25.3 Å². The summed E-state index contributed by atoms with van der Waals surface area (Å²) in [4.78, 5) is 8.19. The second-order valence-electron chi connectivity index (χ2n) is 4.89. The molecule has 6 heteroatoms. The standard InChI is InChI=1S/C13H19N5S/c1-14-10-4-6-18(7-5-10)13-15-12(16-17-13)9-11-3-2-8-19-11/h2-3,8,10,14H,4-7,9H2,1H3,(H,15,16,17). The molecule has 2 N–H and O–H groups in total. The minimum atomic E-state index is 0.640. The van der Waals surface area contributed by atoms with E-state index < -0.39 is 0 Å². The number of aromatic amines is 1. The van der Waals surface area contributed by atoms with Gasteiger partial charge in [-0.15, -0.1) is 16.4 Å². The first kappa shape index (κ1) is 12.6. The Morgan fingerprint density at radius 2 is 2.32 bits per heavy atom. The average molecular weight is 277 g/mol. The van der Waals surface area contributed by atoms with Crippen LogP contribution in [0.25, 0.3) is 0 Å². The molecule has 0 amide bonds. The second kappa shape index (κ2) is 5.71. The summed E-state index contributed by atoms with van der Waals surface area (Å²) in [6.07, 6.45) is 3.16. The van der Waals surface area contributed by atoms with Crippen LogP contribution in [0.4, 0.5) is 5.95 Å². The summed E-state index contributed by atoms with van der Waals surface area (Å²) in [5.41, 5.74) is 0. The van der Waals surface area contributed by atoms with Crippen molar-refractivity contribution >= 4 is 17.3 Å². The number of hydrogen-bond acceptors (Lipinski definition) is 5. The van der Waals surface area contributed by atoms with Crippen LogP contribution in [0.3, 0.4) is 0 Å². The SMILES string of the molecule is CNC1CCN(c2n[nH]c(Cc3cccs3)n2)CC1. The summed E-state index contributed by atoms with van der Waals surface area (Å²) in [5.74, 6) is 1.80. The lowest BCUT2D eigenvalue weighted by Crippen LogP contribution is -2.41. The van der Waals surface area contributed by atoms with Gasteiger partial charge in [0, 0.05) is 30.4 Å². The van der Waals surface area contributed by atoms with Crippen molar-refractivity contribution in [3.8, 4) is 0 Å². The minimum Gasteiger partial charge on any atom is -0.339 e. The number of thiophene rings is 1. The molecule has 0 bridgehead atoms. The fourth-order valence-electron chi connectivity index (χ4n) is 2.45. The summed E-state index contributed by atoms with van der Waals surface area (Å²) in [7, 11) is 2.03. The van der Waals surface area contributed by atoms with Crippen LogP contribution in [0.5, 0.6) is 0 Å². The Balaban J connectivity index is 1.62. The molecule has 1 saturated heterocycles. The molecule has 19 heavy (non-hydrogen) atoms. The zero-order chi connectivity index (χ0) is 13.1. The molecule has 0 aromatic carbocycles. The van der Waals surface area contributed by atoms with Gasteiger partial charge in [0.25, 0.3) is 0 Å². The van der Waals surface area contributed by atoms with Crippen LogP contribution in [0.15, 0.2) is 17.5 Å². The molecule has 1 fully saturated rings. The minimum absolute atomic E-state index is 0.640. The van der Waals surface area contributed by atoms with Crippen molar-refractivity contribution in [3.63, 3.8) is 0 Å². The highest BCUT2D eigenvalue weighted by Gasteiger charge is 2.20. The highest BCUT2D eigenvalue weighted by atomic mass is 32.1. The molecule has 5 nitrogen and oxygen atoms in total. The zero-order valence-corrected chi connectivity index (χ0v) is 11.9. The highest BCUT2D eigenvalue weighted by Crippen LogP contribution is 2.17. The predicted octanol–water partition coefficient (Wildman–Crippen LogP) is 1.65. The van der Waals surface area contributed by atoms with Gasteiger partial charge < -0.3 is 10.2 Å². The van der Waals surface area contributed by atoms with Gasteiger partial charge in [-0.25, -0.2) is 0 Å². The van der Waals surface area contributed by atoms with Gasteiger partial charge in [-0.05, 0) is 31.3 Å². The number of nitrogens with one attached hydrogen (secondary N) is 2. The quantitative estimate of drug-likeness (QED) is 0.892. The van der Waals surface area contributed by atoms with Crippen molar-refractivity contribution in [1.29, 1.82) is 0 Å². The number of piperidine rings is 1. The molecule has 0 spiro atoms. The van der Waals surface area contributed by atoms with Crippen molar-refractivity contribution in [1.82, 2.24) is 20.5 Å². The molecule has 0 aliphatic carbocycles. The van der Waals surface area contributed by atoms with Crippen molar-refractivity contribution in [3.05, 3.63) is 28.2 Å². The van der Waals surface area contributed by atoms with Crippen molar-refractivity contribution < 1.29 is 0 Å². The smallest absolute Gasteiger partial charge is 0.244 e. The van der Waals surface area contributed by atoms with E-state index in [4.69, 9.17) is 0 Å². The predicted molar refractivity (Wildman–Crippen MR) is 77.8 cm³/mol. The Hall–Kier alpha value is -1.40. The van der Waals surface area contributed by atoms with Gasteiger partial charge in [-0.1, -0.05) is 6.07 Å². The van der Waals surface area contributed by atoms with E-state index in [1.54, 1.807) is 11.3 Å². The monoisotopic (exact) mass is 277 g/mol. The van der Waals surface area contributed by atoms with Crippen LogP contribution < -0.4 is 10.2 Å². The van der Waals surface area contributed by atoms with Crippen LogP contribution >= 0.6 is 11.3 Å². The van der Waals surface area contributed by atoms with Crippen LogP contribution in [0.2, 0.25) is 0 Å². The first-order valence-corrected chi connectivity index (χ1v) is 7.59. The van der Waals surface area contributed by atoms with Crippen molar-refractivity contribution in [2.24, 2.45) is 0 Å². The van der Waals surface area contributed by atoms with E-state index in [0.29, 0.717) is 6.04 Å². The summed E-state index contributed by atoms with van der Waals surface area (Å²) < 4.78 is 0. The molecule has 2 aromatic rings. The first-order chi connectivity index (χ1) is 9.35. The third kappa shape index (κ3) is 2.96. The molecule has 3 heterocycles. The fourth-order valence-corrected chi connectivity index (χ4v) is 3.16. The van der Waals surface area contributed by atoms with Crippen LogP contribution in [0, 0.1) is 0 Å². The third-order valence-corrected chi connectivity index (χ3v) is 4.50. The van der Waals surface area contributed by atoms with Gasteiger partial charge in [0.2, 0.25) is 5.95 Å². The maximum absolute atomic E-state index is 4.61. The topological polar surface area (TPSA) is 56.8 Å². The van der Waals surface area contributed by atoms with Crippen LogP contribution in [-0.2, 0) is 6.42 Å². The highest BCUT2D eigenvalue weighted by molar-refractivity contribution is 7.09. The Morgan fingerprint density at radius 1 is 1.47 bits per heavy atom. The number of aromatic nitrogens is 3. The molecule has 0 unspecified atom stereocenters. The molecular formula is C13H19N5S. The van der Waals surface area contributed by atoms with Gasteiger partial charge in [0.1, 0.15) is 5.82 Å². The van der Waals surface area contributed by atoms with E-state index in [2.05, 4.69) is 42.9 Å². The first-order valence-electron chi connectivity index (χ1n) is 6.71. The maximum Gasteiger partial charge on any atom is 0.244 e. The Kier molecular flexibility index (Phi) is 3.79. The number of nitrogens with zero attached hydrogens (tertiary/aromatic N) is 3. The van der Waals surface area contributed by atoms with Crippen LogP contribution in [-0.4, -0.2) is 41.4 Å². The maximum atomic E-state index is 4.61. The Morgan fingerprint density at radius 3 is 3.00 bits per heavy atom. The largest absolute Gasteiger partial charge is 0.339 e. The lowest BCUT2D eigenvalue weighted by atomic mass is 10.1. The summed E-state index contributed by atoms with van der Waals surface area (Å²) in [5, 5.41) is 12.8. The molecule has 3 rings (SSSR count). The lowest BCUT2D eigenvalue weighted by Gasteiger charge is -2.30. The van der Waals surface area contributed by atoms with E-state index in [1.165, 1.54) is 4.88 Å². The molecule has 0 radical (unpaired) electrons. The van der Waals surface area contributed by atoms with Gasteiger partial charge in [0.15, 0.2) is 0 Å². The molecule has 0 atom stereocenters. The lowest BCUT2D eigenvalue weighted by molar-refractivity contribution is 0.439. The number of rotatable bonds is 4. The molecular weight excluding hydrogens is 258 g/mol. The average Bonchev–Trinajstić information content (AvgIpc) is 3.11. The van der Waals surface area contributed by atoms with Gasteiger partial charge in [-0.2, -0.15) is 4.98 Å². The van der Waals surface area contributed by atoms with E-state index >= 15 is 0 Å². The Bertz CT molecular complexity index is 499. The molecule has 0 saturated carbocycles. The Labute approximate surface area is 117 Å². The van der Waals surface area contributed by atoms with Gasteiger partial charge >= 0.3 is 0 Å². The van der Waals surface area contributed by atoms with Gasteiger partial charge in [0.05, 0.1) is 0 Å². The normalized spacial score (nSPS) is 17.0. The van der Waals surface area contributed by atoms with Crippen LogP contribution in [0.1, 0.15) is 23.5 Å². The van der Waals surface area contributed by atoms with Crippen molar-refractivity contribution in [2.75, 3.05) is 25.0 Å². The molecule has 2 aromatic heterocycles. The van der Waals surface area contributed by atoms with E-state index in [9.17, 15) is 0 Å². The number of H-pyrrole nitrogens is 1. The van der Waals surface area contributed by atoms with E-state index in [-0.39, 0.29) is 0 Å². The summed E-state index contributed by atoms with van der Waals surface area (Å²) >= 11 is 1.76. The molecule has 1 aliphatic heterocycles. The second-order valence-corrected chi connectivity index (χ2v) is 5.92. The number of hydrogen-bond donors (Lipinski definition) is 2. The summed E-state index contributed by atoms with van der Waals surface area (Å²) in [6, 6.07) is 4.84. The zero-order valence-electron chi connectivity index (χ0n) is 11.1. The number of anilines is 1. The molecule has 1 aliphatic rings. The third-order valence-electron chi connectivity index (χ3n) is 3.63.